The van der Waals surface area contributed by atoms with Crippen molar-refractivity contribution >= 4 is 16.9 Å². The van der Waals surface area contributed by atoms with Gasteiger partial charge >= 0.3 is 5.97 Å². The molecule has 4 N–H and O–H groups in total. The van der Waals surface area contributed by atoms with Crippen LogP contribution in [0.3, 0.4) is 0 Å². The maximum atomic E-state index is 10.8. The number of carboxylic acid groups (broad SMARTS) is 1. The van der Waals surface area contributed by atoms with Crippen molar-refractivity contribution in [3.63, 3.8) is 0 Å². The standard InChI is InChI=1S/C13H10N2O3/c16-7-1-2-10-8(5-7)9(6-14-10)11-3-4-12(15-11)13(17)18/h1-6,14-16H,(H,17,18). The highest BCUT2D eigenvalue weighted by molar-refractivity contribution is 5.96. The van der Waals surface area contributed by atoms with Gasteiger partial charge in [-0.05, 0) is 30.3 Å². The predicted molar refractivity (Wildman–Crippen MR) is 66.7 cm³/mol. The molecule has 0 spiro atoms. The first-order chi connectivity index (χ1) is 8.65. The quantitative estimate of drug-likeness (QED) is 0.556. The van der Waals surface area contributed by atoms with Crippen LogP contribution in [-0.4, -0.2) is 26.2 Å². The summed E-state index contributed by atoms with van der Waals surface area (Å²) in [5.74, 6) is -0.822. The van der Waals surface area contributed by atoms with Crippen LogP contribution >= 0.6 is 0 Å². The Labute approximate surface area is 102 Å². The van der Waals surface area contributed by atoms with Crippen molar-refractivity contribution in [3.8, 4) is 17.0 Å². The third-order valence-electron chi connectivity index (χ3n) is 2.87. The van der Waals surface area contributed by atoms with E-state index in [0.29, 0.717) is 5.69 Å². The molecule has 3 aromatic rings. The van der Waals surface area contributed by atoms with Gasteiger partial charge in [-0.1, -0.05) is 0 Å². The van der Waals surface area contributed by atoms with Crippen molar-refractivity contribution < 1.29 is 15.0 Å². The number of benzene rings is 1. The van der Waals surface area contributed by atoms with E-state index in [4.69, 9.17) is 5.11 Å². The zero-order valence-corrected chi connectivity index (χ0v) is 9.27. The molecule has 18 heavy (non-hydrogen) atoms. The van der Waals surface area contributed by atoms with Crippen molar-refractivity contribution in [2.24, 2.45) is 0 Å². The molecule has 5 nitrogen and oxygen atoms in total. The van der Waals surface area contributed by atoms with E-state index in [1.807, 2.05) is 0 Å². The topological polar surface area (TPSA) is 89.1 Å². The summed E-state index contributed by atoms with van der Waals surface area (Å²) in [5, 5.41) is 19.2. The second-order valence-corrected chi connectivity index (χ2v) is 4.02. The Morgan fingerprint density at radius 2 is 2.00 bits per heavy atom. The van der Waals surface area contributed by atoms with Gasteiger partial charge in [0, 0.05) is 28.4 Å². The Bertz CT molecular complexity index is 740. The molecule has 5 heteroatoms. The van der Waals surface area contributed by atoms with Gasteiger partial charge in [0.15, 0.2) is 0 Å². The third kappa shape index (κ3) is 1.53. The van der Waals surface area contributed by atoms with E-state index in [-0.39, 0.29) is 11.4 Å². The number of aromatic nitrogens is 2. The van der Waals surface area contributed by atoms with Crippen LogP contribution in [0.2, 0.25) is 0 Å². The van der Waals surface area contributed by atoms with Gasteiger partial charge in [-0.2, -0.15) is 0 Å². The maximum absolute atomic E-state index is 10.8. The van der Waals surface area contributed by atoms with Gasteiger partial charge in [0.2, 0.25) is 0 Å². The van der Waals surface area contributed by atoms with Crippen molar-refractivity contribution in [3.05, 3.63) is 42.2 Å². The van der Waals surface area contributed by atoms with Crippen LogP contribution in [0.15, 0.2) is 36.5 Å². The largest absolute Gasteiger partial charge is 0.508 e. The SMILES string of the molecule is O=C(O)c1ccc(-c2c[nH]c3ccc(O)cc23)[nH]1. The monoisotopic (exact) mass is 242 g/mol. The van der Waals surface area contributed by atoms with Crippen LogP contribution < -0.4 is 0 Å². The van der Waals surface area contributed by atoms with E-state index >= 15 is 0 Å². The molecule has 2 heterocycles. The van der Waals surface area contributed by atoms with Crippen LogP contribution in [0.5, 0.6) is 5.75 Å². The average Bonchev–Trinajstić information content (AvgIpc) is 2.93. The van der Waals surface area contributed by atoms with Gasteiger partial charge in [0.25, 0.3) is 0 Å². The zero-order chi connectivity index (χ0) is 12.7. The molecule has 3 rings (SSSR count). The number of fused-ring (bicyclic) bond motifs is 1. The number of rotatable bonds is 2. The van der Waals surface area contributed by atoms with Crippen molar-refractivity contribution in [1.82, 2.24) is 9.97 Å². The normalized spacial score (nSPS) is 10.9. The first kappa shape index (κ1) is 10.5. The Morgan fingerprint density at radius 3 is 2.72 bits per heavy atom. The number of nitrogens with one attached hydrogen (secondary N) is 2. The van der Waals surface area contributed by atoms with E-state index in [0.717, 1.165) is 16.5 Å². The van der Waals surface area contributed by atoms with E-state index in [1.165, 1.54) is 6.07 Å². The van der Waals surface area contributed by atoms with E-state index in [1.54, 1.807) is 30.5 Å². The molecule has 0 aliphatic carbocycles. The molecule has 0 bridgehead atoms. The number of aromatic carboxylic acids is 1. The van der Waals surface area contributed by atoms with Gasteiger partial charge in [0.05, 0.1) is 0 Å². The van der Waals surface area contributed by atoms with E-state index in [9.17, 15) is 9.90 Å². The molecule has 0 saturated carbocycles. The lowest BCUT2D eigenvalue weighted by molar-refractivity contribution is 0.0691. The molecule has 0 aliphatic heterocycles. The molecule has 0 amide bonds. The summed E-state index contributed by atoms with van der Waals surface area (Å²) < 4.78 is 0. The fourth-order valence-corrected chi connectivity index (χ4v) is 2.01. The van der Waals surface area contributed by atoms with Gasteiger partial charge in [-0.15, -0.1) is 0 Å². The lowest BCUT2D eigenvalue weighted by Gasteiger charge is -1.97. The molecular formula is C13H10N2O3. The fourth-order valence-electron chi connectivity index (χ4n) is 2.01. The average molecular weight is 242 g/mol. The Morgan fingerprint density at radius 1 is 1.17 bits per heavy atom. The first-order valence-electron chi connectivity index (χ1n) is 5.38. The lowest BCUT2D eigenvalue weighted by Crippen LogP contribution is -1.95. The number of carbonyl (C=O) groups is 1. The Balaban J connectivity index is 2.18. The molecule has 90 valence electrons. The van der Waals surface area contributed by atoms with E-state index in [2.05, 4.69) is 9.97 Å². The summed E-state index contributed by atoms with van der Waals surface area (Å²) in [4.78, 5) is 16.7. The minimum absolute atomic E-state index is 0.138. The second-order valence-electron chi connectivity index (χ2n) is 4.02. The lowest BCUT2D eigenvalue weighted by atomic mass is 10.1. The first-order valence-corrected chi connectivity index (χ1v) is 5.38. The summed E-state index contributed by atoms with van der Waals surface area (Å²) >= 11 is 0. The summed E-state index contributed by atoms with van der Waals surface area (Å²) in [6.45, 7) is 0. The molecule has 0 fully saturated rings. The third-order valence-corrected chi connectivity index (χ3v) is 2.87. The highest BCUT2D eigenvalue weighted by Crippen LogP contribution is 2.30. The van der Waals surface area contributed by atoms with Crippen LogP contribution in [0.4, 0.5) is 0 Å². The number of hydrogen-bond acceptors (Lipinski definition) is 2. The second kappa shape index (κ2) is 3.66. The maximum Gasteiger partial charge on any atom is 0.352 e. The number of hydrogen-bond donors (Lipinski definition) is 4. The molecule has 0 atom stereocenters. The minimum Gasteiger partial charge on any atom is -0.508 e. The number of phenols is 1. The zero-order valence-electron chi connectivity index (χ0n) is 9.27. The summed E-state index contributed by atoms with van der Waals surface area (Å²) in [6, 6.07) is 8.23. The van der Waals surface area contributed by atoms with Crippen LogP contribution in [0.25, 0.3) is 22.2 Å². The summed E-state index contributed by atoms with van der Waals surface area (Å²) in [5.41, 5.74) is 2.55. The molecule has 0 saturated heterocycles. The molecule has 0 unspecified atom stereocenters. The van der Waals surface area contributed by atoms with Crippen LogP contribution in [-0.2, 0) is 0 Å². The number of aromatic amines is 2. The molecular weight excluding hydrogens is 232 g/mol. The highest BCUT2D eigenvalue weighted by atomic mass is 16.4. The Hall–Kier alpha value is -2.69. The number of phenolic OH excluding ortho intramolecular Hbond substituents is 1. The molecule has 0 radical (unpaired) electrons. The van der Waals surface area contributed by atoms with Crippen molar-refractivity contribution in [2.45, 2.75) is 0 Å². The molecule has 1 aromatic carbocycles. The van der Waals surface area contributed by atoms with Crippen LogP contribution in [0.1, 0.15) is 10.5 Å². The highest BCUT2D eigenvalue weighted by Gasteiger charge is 2.11. The van der Waals surface area contributed by atoms with Gasteiger partial charge in [-0.25, -0.2) is 4.79 Å². The minimum atomic E-state index is -0.996. The summed E-state index contributed by atoms with van der Waals surface area (Å²) in [7, 11) is 0. The van der Waals surface area contributed by atoms with E-state index < -0.39 is 5.97 Å². The smallest absolute Gasteiger partial charge is 0.352 e. The van der Waals surface area contributed by atoms with Crippen LogP contribution in [0, 0.1) is 0 Å². The molecule has 2 aromatic heterocycles. The predicted octanol–water partition coefficient (Wildman–Crippen LogP) is 2.57. The van der Waals surface area contributed by atoms with Gasteiger partial charge in [0.1, 0.15) is 11.4 Å². The van der Waals surface area contributed by atoms with Gasteiger partial charge in [-0.3, -0.25) is 0 Å². The fraction of sp³-hybridized carbons (Fsp3) is 0. The number of aromatic hydroxyl groups is 1. The Kier molecular flexibility index (Phi) is 2.13. The van der Waals surface area contributed by atoms with Crippen molar-refractivity contribution in [1.29, 1.82) is 0 Å². The summed E-state index contributed by atoms with van der Waals surface area (Å²) in [6.07, 6.45) is 1.78. The van der Waals surface area contributed by atoms with Gasteiger partial charge < -0.3 is 20.2 Å². The molecule has 0 aliphatic rings. The van der Waals surface area contributed by atoms with Crippen molar-refractivity contribution in [2.75, 3.05) is 0 Å². The number of H-pyrrole nitrogens is 2. The number of carboxylic acids is 1.